The number of methoxy groups -OCH3 is 1. The van der Waals surface area contributed by atoms with Gasteiger partial charge in [0.25, 0.3) is 5.91 Å². The molecule has 45 heavy (non-hydrogen) atoms. The van der Waals surface area contributed by atoms with Crippen LogP contribution in [0.5, 0.6) is 23.0 Å². The highest BCUT2D eigenvalue weighted by atomic mass is 16.5. The van der Waals surface area contributed by atoms with E-state index in [9.17, 15) is 9.59 Å². The van der Waals surface area contributed by atoms with E-state index >= 15 is 0 Å². The molecule has 3 N–H and O–H groups in total. The average Bonchev–Trinajstić information content (AvgIpc) is 3.04. The Labute approximate surface area is 267 Å². The lowest BCUT2D eigenvalue weighted by Crippen LogP contribution is -2.38. The molecule has 0 bridgehead atoms. The quantitative estimate of drug-likeness (QED) is 0.170. The molecule has 3 aromatic carbocycles. The lowest BCUT2D eigenvalue weighted by Gasteiger charge is -2.32. The third-order valence-corrected chi connectivity index (χ3v) is 8.19. The molecule has 4 rings (SSSR count). The van der Waals surface area contributed by atoms with Gasteiger partial charge in [0.05, 0.1) is 7.11 Å². The van der Waals surface area contributed by atoms with E-state index in [1.54, 1.807) is 49.6 Å². The molecule has 0 radical (unpaired) electrons. The second-order valence-electron chi connectivity index (χ2n) is 11.5. The molecule has 0 saturated carbocycles. The number of carbonyl (C=O) groups excluding carboxylic acids is 2. The normalized spacial score (nSPS) is 13.7. The number of likely N-dealkylation sites (tertiary alicyclic amines) is 1. The maximum Gasteiger partial charge on any atom is 0.319 e. The summed E-state index contributed by atoms with van der Waals surface area (Å²) >= 11 is 0. The predicted molar refractivity (Wildman–Crippen MR) is 180 cm³/mol. The smallest absolute Gasteiger partial charge is 0.319 e. The van der Waals surface area contributed by atoms with E-state index in [0.717, 1.165) is 50.1 Å². The number of aryl methyl sites for hydroxylation is 1. The predicted octanol–water partition coefficient (Wildman–Crippen LogP) is 8.00. The molecule has 1 fully saturated rings. The molecular formula is C36H48N4O5. The Hall–Kier alpha value is -4.24. The van der Waals surface area contributed by atoms with Gasteiger partial charge in [0.1, 0.15) is 17.6 Å². The topological polar surface area (TPSA) is 101 Å². The van der Waals surface area contributed by atoms with Crippen LogP contribution in [0.15, 0.2) is 60.7 Å². The molecular weight excluding hydrogens is 568 g/mol. The van der Waals surface area contributed by atoms with Crippen LogP contribution in [-0.4, -0.2) is 55.7 Å². The molecule has 242 valence electrons. The summed E-state index contributed by atoms with van der Waals surface area (Å²) in [4.78, 5) is 27.9. The largest absolute Gasteiger partial charge is 0.493 e. The Morgan fingerprint density at radius 3 is 2.20 bits per heavy atom. The van der Waals surface area contributed by atoms with Gasteiger partial charge in [-0.1, -0.05) is 27.2 Å². The number of anilines is 2. The Balaban J connectivity index is 1.30. The zero-order chi connectivity index (χ0) is 32.2. The third-order valence-electron chi connectivity index (χ3n) is 8.19. The van der Waals surface area contributed by atoms with Gasteiger partial charge < -0.3 is 35.1 Å². The minimum Gasteiger partial charge on any atom is -0.493 e. The number of piperidine rings is 1. The first kappa shape index (κ1) is 33.6. The highest BCUT2D eigenvalue weighted by Gasteiger charge is 2.21. The monoisotopic (exact) mass is 616 g/mol. The number of unbranched alkanes of at least 4 members (excludes halogenated alkanes) is 1. The molecule has 0 unspecified atom stereocenters. The zero-order valence-electron chi connectivity index (χ0n) is 27.3. The fourth-order valence-electron chi connectivity index (χ4n) is 5.40. The van der Waals surface area contributed by atoms with Gasteiger partial charge in [-0.25, -0.2) is 4.79 Å². The number of nitrogens with one attached hydrogen (secondary N) is 3. The number of nitrogens with zero attached hydrogens (tertiary/aromatic N) is 1. The number of hydrogen-bond acceptors (Lipinski definition) is 6. The summed E-state index contributed by atoms with van der Waals surface area (Å²) in [5.74, 6) is 2.18. The summed E-state index contributed by atoms with van der Waals surface area (Å²) in [6, 6.07) is 17.9. The summed E-state index contributed by atoms with van der Waals surface area (Å²) < 4.78 is 17.8. The first-order valence-electron chi connectivity index (χ1n) is 16.2. The summed E-state index contributed by atoms with van der Waals surface area (Å²) in [6.45, 7) is 11.6. The van der Waals surface area contributed by atoms with Crippen molar-refractivity contribution in [2.45, 2.75) is 78.4 Å². The third kappa shape index (κ3) is 9.88. The van der Waals surface area contributed by atoms with Crippen molar-refractivity contribution >= 4 is 23.3 Å². The maximum atomic E-state index is 13.1. The lowest BCUT2D eigenvalue weighted by molar-refractivity contribution is 0.0996. The zero-order valence-corrected chi connectivity index (χ0v) is 27.3. The highest BCUT2D eigenvalue weighted by molar-refractivity contribution is 6.05. The number of ether oxygens (including phenoxy) is 3. The molecule has 9 heteroatoms. The first-order chi connectivity index (χ1) is 21.8. The van der Waals surface area contributed by atoms with Crippen LogP contribution >= 0.6 is 0 Å². The van der Waals surface area contributed by atoms with Crippen molar-refractivity contribution in [2.24, 2.45) is 0 Å². The molecule has 1 aliphatic heterocycles. The van der Waals surface area contributed by atoms with Crippen molar-refractivity contribution in [3.05, 3.63) is 71.8 Å². The Morgan fingerprint density at radius 2 is 1.56 bits per heavy atom. The van der Waals surface area contributed by atoms with E-state index in [2.05, 4.69) is 27.8 Å². The van der Waals surface area contributed by atoms with Gasteiger partial charge in [-0.15, -0.1) is 0 Å². The minimum absolute atomic E-state index is 0.125. The van der Waals surface area contributed by atoms with Crippen molar-refractivity contribution in [2.75, 3.05) is 37.4 Å². The van der Waals surface area contributed by atoms with Gasteiger partial charge >= 0.3 is 6.03 Å². The van der Waals surface area contributed by atoms with Crippen LogP contribution in [0.4, 0.5) is 16.2 Å². The summed E-state index contributed by atoms with van der Waals surface area (Å²) in [7, 11) is 1.55. The van der Waals surface area contributed by atoms with Crippen molar-refractivity contribution < 1.29 is 23.8 Å². The van der Waals surface area contributed by atoms with Gasteiger partial charge in [0, 0.05) is 42.1 Å². The van der Waals surface area contributed by atoms with E-state index in [4.69, 9.17) is 14.2 Å². The number of rotatable bonds is 14. The van der Waals surface area contributed by atoms with Crippen molar-refractivity contribution in [1.29, 1.82) is 0 Å². The van der Waals surface area contributed by atoms with Crippen LogP contribution in [0.25, 0.3) is 0 Å². The standard InChI is InChI=1S/C36H48N4O5/c1-6-9-20-40-21-18-30(19-22-40)44-31-15-16-32(25(4)23-31)35(41)37-27-10-13-29(14-11-27)45-33-17-12-28(24-34(33)43-5)39-36(42)38-26(7-2)8-3/h10-17,23-24,26,30H,6-9,18-22H2,1-5H3,(H,37,41)(H2,38,39,42). The van der Waals surface area contributed by atoms with Gasteiger partial charge in [-0.3, -0.25) is 4.79 Å². The Bertz CT molecular complexity index is 1400. The van der Waals surface area contributed by atoms with Gasteiger partial charge in [-0.05, 0) is 106 Å². The first-order valence-corrected chi connectivity index (χ1v) is 16.2. The number of hydrogen-bond donors (Lipinski definition) is 3. The van der Waals surface area contributed by atoms with E-state index in [1.807, 2.05) is 39.0 Å². The molecule has 1 saturated heterocycles. The van der Waals surface area contributed by atoms with Gasteiger partial charge in [-0.2, -0.15) is 0 Å². The van der Waals surface area contributed by atoms with Gasteiger partial charge in [0.2, 0.25) is 0 Å². The second-order valence-corrected chi connectivity index (χ2v) is 11.5. The van der Waals surface area contributed by atoms with Crippen molar-refractivity contribution in [1.82, 2.24) is 10.2 Å². The Morgan fingerprint density at radius 1 is 0.867 bits per heavy atom. The minimum atomic E-state index is -0.259. The van der Waals surface area contributed by atoms with Crippen LogP contribution in [0.2, 0.25) is 0 Å². The van der Waals surface area contributed by atoms with Gasteiger partial charge in [0.15, 0.2) is 11.5 Å². The number of amides is 3. The summed E-state index contributed by atoms with van der Waals surface area (Å²) in [6.07, 6.45) is 6.46. The summed E-state index contributed by atoms with van der Waals surface area (Å²) in [5.41, 5.74) is 2.71. The molecule has 1 heterocycles. The summed E-state index contributed by atoms with van der Waals surface area (Å²) in [5, 5.41) is 8.77. The molecule has 3 aromatic rings. The molecule has 3 amide bonds. The van der Waals surface area contributed by atoms with Crippen LogP contribution in [-0.2, 0) is 0 Å². The van der Waals surface area contributed by atoms with Crippen LogP contribution < -0.4 is 30.2 Å². The molecule has 0 aromatic heterocycles. The fourth-order valence-corrected chi connectivity index (χ4v) is 5.40. The molecule has 1 aliphatic rings. The average molecular weight is 617 g/mol. The molecule has 0 atom stereocenters. The fraction of sp³-hybridized carbons (Fsp3) is 0.444. The van der Waals surface area contributed by atoms with E-state index < -0.39 is 0 Å². The molecule has 9 nitrogen and oxygen atoms in total. The number of benzene rings is 3. The lowest BCUT2D eigenvalue weighted by atomic mass is 10.1. The maximum absolute atomic E-state index is 13.1. The van der Waals surface area contributed by atoms with E-state index in [1.165, 1.54) is 19.4 Å². The van der Waals surface area contributed by atoms with Crippen LogP contribution in [0, 0.1) is 6.92 Å². The van der Waals surface area contributed by atoms with Crippen molar-refractivity contribution in [3.63, 3.8) is 0 Å². The van der Waals surface area contributed by atoms with E-state index in [-0.39, 0.29) is 24.1 Å². The van der Waals surface area contributed by atoms with E-state index in [0.29, 0.717) is 34.2 Å². The Kier molecular flexibility index (Phi) is 12.5. The SMILES string of the molecule is CCCCN1CCC(Oc2ccc(C(=O)Nc3ccc(Oc4ccc(NC(=O)NC(CC)CC)cc4OC)cc3)c(C)c2)CC1. The highest BCUT2D eigenvalue weighted by Crippen LogP contribution is 2.34. The second kappa shape index (κ2) is 16.7. The van der Waals surface area contributed by atoms with Crippen LogP contribution in [0.3, 0.4) is 0 Å². The number of carbonyl (C=O) groups is 2. The number of urea groups is 1. The molecule has 0 aliphatic carbocycles. The molecule has 0 spiro atoms. The van der Waals surface area contributed by atoms with Crippen LogP contribution in [0.1, 0.15) is 75.2 Å². The van der Waals surface area contributed by atoms with Crippen molar-refractivity contribution in [3.8, 4) is 23.0 Å².